The van der Waals surface area contributed by atoms with Crippen LogP contribution in [0.4, 0.5) is 5.69 Å². The Morgan fingerprint density at radius 2 is 1.83 bits per heavy atom. The number of hydrogen-bond donors (Lipinski definition) is 1. The minimum absolute atomic E-state index is 0.0422. The van der Waals surface area contributed by atoms with E-state index in [1.807, 2.05) is 0 Å². The Hall–Kier alpha value is -1.91. The molecular formula is C7H5NO4. The van der Waals surface area contributed by atoms with E-state index in [1.165, 1.54) is 12.1 Å². The number of nitro groups is 1. The number of carboxylic acid groups (broad SMARTS) is 1. The van der Waals surface area contributed by atoms with Gasteiger partial charge in [0, 0.05) is 12.1 Å². The number of non-ortho nitro benzene ring substituents is 1. The van der Waals surface area contributed by atoms with Gasteiger partial charge in [-0.3, -0.25) is 10.1 Å². The Labute approximate surface area is 67.4 Å². The number of carboxylic acids is 1. The average molecular weight is 169 g/mol. The highest BCUT2D eigenvalue weighted by molar-refractivity contribution is 5.87. The van der Waals surface area contributed by atoms with E-state index in [2.05, 4.69) is 0 Å². The first kappa shape index (κ1) is 8.19. The lowest BCUT2D eigenvalue weighted by Crippen LogP contribution is -1.96. The molecule has 0 aliphatic carbocycles. The van der Waals surface area contributed by atoms with Crippen LogP contribution in [0.2, 0.25) is 0 Å². The largest absolute Gasteiger partial charge is 0.478 e. The van der Waals surface area contributed by atoms with E-state index >= 15 is 0 Å². The average Bonchev–Trinajstić information content (AvgIpc) is 2.04. The molecule has 0 heterocycles. The van der Waals surface area contributed by atoms with Gasteiger partial charge in [-0.2, -0.15) is 0 Å². The summed E-state index contributed by atoms with van der Waals surface area (Å²) in [6, 6.07) is 4.70. The van der Waals surface area contributed by atoms with Gasteiger partial charge in [-0.05, 0) is 12.1 Å². The van der Waals surface area contributed by atoms with E-state index in [1.54, 1.807) is 0 Å². The first-order valence-corrected chi connectivity index (χ1v) is 3.09. The molecule has 62 valence electrons. The first-order valence-electron chi connectivity index (χ1n) is 3.09. The number of hydrogen-bond acceptors (Lipinski definition) is 3. The normalized spacial score (nSPS) is 9.33. The maximum absolute atomic E-state index is 10.3. The zero-order valence-electron chi connectivity index (χ0n) is 5.93. The molecule has 0 spiro atoms. The fourth-order valence-corrected chi connectivity index (χ4v) is 0.726. The summed E-state index contributed by atoms with van der Waals surface area (Å²) in [6.45, 7) is 0. The maximum atomic E-state index is 10.3. The van der Waals surface area contributed by atoms with Crippen molar-refractivity contribution in [1.29, 1.82) is 0 Å². The topological polar surface area (TPSA) is 80.4 Å². The lowest BCUT2D eigenvalue weighted by Gasteiger charge is -1.92. The van der Waals surface area contributed by atoms with Crippen molar-refractivity contribution in [2.75, 3.05) is 0 Å². The van der Waals surface area contributed by atoms with Gasteiger partial charge in [0.1, 0.15) is 0 Å². The van der Waals surface area contributed by atoms with Crippen LogP contribution >= 0.6 is 0 Å². The molecule has 5 nitrogen and oxygen atoms in total. The van der Waals surface area contributed by atoms with Gasteiger partial charge in [0.2, 0.25) is 0 Å². The zero-order chi connectivity index (χ0) is 9.14. The molecule has 0 atom stereocenters. The summed E-state index contributed by atoms with van der Waals surface area (Å²) in [5.74, 6) is -1.09. The summed E-state index contributed by atoms with van der Waals surface area (Å²) in [6.07, 6.45) is 0. The quantitative estimate of drug-likeness (QED) is 0.534. The van der Waals surface area contributed by atoms with Crippen LogP contribution in [0.5, 0.6) is 0 Å². The van der Waals surface area contributed by atoms with Crippen LogP contribution in [0.15, 0.2) is 24.3 Å². The molecule has 12 heavy (non-hydrogen) atoms. The highest BCUT2D eigenvalue weighted by atomic mass is 16.6. The number of aromatic carboxylic acids is 1. The van der Waals surface area contributed by atoms with Gasteiger partial charge in [-0.15, -0.1) is 0 Å². The van der Waals surface area contributed by atoms with Gasteiger partial charge < -0.3 is 5.11 Å². The van der Waals surface area contributed by atoms with Crippen molar-refractivity contribution in [2.24, 2.45) is 0 Å². The number of benzene rings is 1. The standard InChI is InChI=1S/C7H5NO4/c9-7(10)5-1-3-6(4-2-5)8(11)12/h1-4H,(H,9,10)/i7+2. The molecule has 1 N–H and O–H groups in total. The van der Waals surface area contributed by atoms with Crippen molar-refractivity contribution in [3.63, 3.8) is 0 Å². The van der Waals surface area contributed by atoms with E-state index < -0.39 is 10.9 Å². The molecule has 0 radical (unpaired) electrons. The summed E-state index contributed by atoms with van der Waals surface area (Å²) < 4.78 is 0. The second kappa shape index (κ2) is 3.00. The Bertz CT molecular complexity index is 284. The number of nitro benzene ring substituents is 1. The zero-order valence-corrected chi connectivity index (χ0v) is 5.93. The summed E-state index contributed by atoms with van der Waals surface area (Å²) in [5.41, 5.74) is -0.0689. The summed E-state index contributed by atoms with van der Waals surface area (Å²) in [5, 5.41) is 18.6. The third kappa shape index (κ3) is 1.57. The van der Waals surface area contributed by atoms with E-state index in [0.717, 1.165) is 12.1 Å². The van der Waals surface area contributed by atoms with Crippen LogP contribution in [0.3, 0.4) is 0 Å². The predicted octanol–water partition coefficient (Wildman–Crippen LogP) is 1.29. The second-order valence-corrected chi connectivity index (χ2v) is 2.11. The van der Waals surface area contributed by atoms with Gasteiger partial charge in [0.05, 0.1) is 10.5 Å². The fourth-order valence-electron chi connectivity index (χ4n) is 0.726. The highest BCUT2D eigenvalue weighted by Gasteiger charge is 2.06. The van der Waals surface area contributed by atoms with Gasteiger partial charge in [-0.25, -0.2) is 4.79 Å². The van der Waals surface area contributed by atoms with Gasteiger partial charge in [-0.1, -0.05) is 0 Å². The minimum Gasteiger partial charge on any atom is -0.478 e. The van der Waals surface area contributed by atoms with Crippen molar-refractivity contribution in [3.05, 3.63) is 39.9 Å². The summed E-state index contributed by atoms with van der Waals surface area (Å²) >= 11 is 0. The SMILES string of the molecule is O=[14C](O)c1ccc([N+](=O)[O-])cc1. The van der Waals surface area contributed by atoms with E-state index in [0.29, 0.717) is 0 Å². The third-order valence-electron chi connectivity index (χ3n) is 1.33. The molecule has 0 aliphatic rings. The molecule has 1 rings (SSSR count). The van der Waals surface area contributed by atoms with Crippen molar-refractivity contribution in [1.82, 2.24) is 0 Å². The molecule has 0 saturated heterocycles. The fraction of sp³-hybridized carbons (Fsp3) is 0. The Morgan fingerprint density at radius 3 is 2.17 bits per heavy atom. The monoisotopic (exact) mass is 169 g/mol. The predicted molar refractivity (Wildman–Crippen MR) is 40.1 cm³/mol. The Kier molecular flexibility index (Phi) is 2.05. The van der Waals surface area contributed by atoms with Crippen LogP contribution in [-0.2, 0) is 0 Å². The minimum atomic E-state index is -1.09. The molecule has 1 aromatic carbocycles. The molecule has 0 aromatic heterocycles. The number of rotatable bonds is 2. The molecule has 0 unspecified atom stereocenters. The van der Waals surface area contributed by atoms with Gasteiger partial charge in [0.25, 0.3) is 5.69 Å². The maximum Gasteiger partial charge on any atom is 0.335 e. The van der Waals surface area contributed by atoms with Crippen molar-refractivity contribution >= 4 is 11.7 Å². The van der Waals surface area contributed by atoms with Crippen LogP contribution in [0.25, 0.3) is 0 Å². The smallest absolute Gasteiger partial charge is 0.335 e. The summed E-state index contributed by atoms with van der Waals surface area (Å²) in [4.78, 5) is 19.9. The molecule has 0 fully saturated rings. The van der Waals surface area contributed by atoms with Crippen LogP contribution in [0.1, 0.15) is 10.4 Å². The van der Waals surface area contributed by atoms with Gasteiger partial charge in [0.15, 0.2) is 0 Å². The van der Waals surface area contributed by atoms with E-state index in [-0.39, 0.29) is 11.3 Å². The van der Waals surface area contributed by atoms with Crippen molar-refractivity contribution in [2.45, 2.75) is 0 Å². The Balaban J connectivity index is 3.01. The van der Waals surface area contributed by atoms with Crippen molar-refractivity contribution in [3.8, 4) is 0 Å². The first-order chi connectivity index (χ1) is 5.61. The molecular weight excluding hydrogens is 164 g/mol. The van der Waals surface area contributed by atoms with Crippen LogP contribution in [0, 0.1) is 10.1 Å². The van der Waals surface area contributed by atoms with Crippen molar-refractivity contribution < 1.29 is 14.8 Å². The number of carbonyl (C=O) groups is 1. The lowest BCUT2D eigenvalue weighted by atomic mass is 10.3. The number of nitrogens with zero attached hydrogens (tertiary/aromatic N) is 1. The van der Waals surface area contributed by atoms with Crippen LogP contribution in [-0.4, -0.2) is 16.0 Å². The van der Waals surface area contributed by atoms with E-state index in [4.69, 9.17) is 5.11 Å². The molecule has 0 saturated carbocycles. The molecule has 0 bridgehead atoms. The van der Waals surface area contributed by atoms with E-state index in [9.17, 15) is 14.9 Å². The molecule has 5 heteroatoms. The third-order valence-corrected chi connectivity index (χ3v) is 1.33. The molecule has 0 amide bonds. The summed E-state index contributed by atoms with van der Waals surface area (Å²) in [7, 11) is 0. The van der Waals surface area contributed by atoms with Crippen LogP contribution < -0.4 is 0 Å². The highest BCUT2D eigenvalue weighted by Crippen LogP contribution is 2.11. The Morgan fingerprint density at radius 1 is 1.33 bits per heavy atom. The van der Waals surface area contributed by atoms with Gasteiger partial charge >= 0.3 is 5.97 Å². The lowest BCUT2D eigenvalue weighted by molar-refractivity contribution is -0.384. The molecule has 0 aliphatic heterocycles. The second-order valence-electron chi connectivity index (χ2n) is 2.11. The molecule has 1 aromatic rings.